The van der Waals surface area contributed by atoms with Crippen molar-refractivity contribution in [3.05, 3.63) is 33.4 Å². The van der Waals surface area contributed by atoms with Crippen LogP contribution in [0.5, 0.6) is 0 Å². The predicted octanol–water partition coefficient (Wildman–Crippen LogP) is 1.32. The van der Waals surface area contributed by atoms with Gasteiger partial charge in [-0.25, -0.2) is 8.42 Å². The van der Waals surface area contributed by atoms with Crippen molar-refractivity contribution >= 4 is 15.7 Å². The zero-order valence-corrected chi connectivity index (χ0v) is 12.9. The lowest BCUT2D eigenvalue weighted by molar-refractivity contribution is -0.387. The SMILES string of the molecule is Cc1cc([N+](=O)[O-])c(S(=O)(=O)N2CCC[C@@H](N)C2)cc1C. The Balaban J connectivity index is 2.53. The molecule has 2 N–H and O–H groups in total. The van der Waals surface area contributed by atoms with Crippen molar-refractivity contribution in [2.75, 3.05) is 13.1 Å². The number of hydrogen-bond donors (Lipinski definition) is 1. The molecule has 0 saturated carbocycles. The monoisotopic (exact) mass is 313 g/mol. The van der Waals surface area contributed by atoms with E-state index in [0.717, 1.165) is 6.42 Å². The summed E-state index contributed by atoms with van der Waals surface area (Å²) >= 11 is 0. The van der Waals surface area contributed by atoms with Gasteiger partial charge in [-0.05, 0) is 43.9 Å². The second-order valence-electron chi connectivity index (χ2n) is 5.43. The number of hydrogen-bond acceptors (Lipinski definition) is 5. The van der Waals surface area contributed by atoms with Gasteiger partial charge in [0.1, 0.15) is 0 Å². The smallest absolute Gasteiger partial charge is 0.289 e. The second-order valence-corrected chi connectivity index (χ2v) is 7.33. The van der Waals surface area contributed by atoms with E-state index in [1.54, 1.807) is 13.8 Å². The summed E-state index contributed by atoms with van der Waals surface area (Å²) in [7, 11) is -3.90. The molecule has 0 bridgehead atoms. The first-order valence-corrected chi connectivity index (χ1v) is 8.19. The van der Waals surface area contributed by atoms with E-state index < -0.39 is 14.9 Å². The van der Waals surface area contributed by atoms with Crippen molar-refractivity contribution in [1.29, 1.82) is 0 Å². The summed E-state index contributed by atoms with van der Waals surface area (Å²) in [6.45, 7) is 4.00. The molecule has 1 aliphatic rings. The van der Waals surface area contributed by atoms with Crippen LogP contribution in [0.1, 0.15) is 24.0 Å². The van der Waals surface area contributed by atoms with Gasteiger partial charge in [-0.2, -0.15) is 4.31 Å². The summed E-state index contributed by atoms with van der Waals surface area (Å²) in [5.41, 5.74) is 6.83. The largest absolute Gasteiger partial charge is 0.327 e. The first-order valence-electron chi connectivity index (χ1n) is 6.75. The van der Waals surface area contributed by atoms with Gasteiger partial charge in [0.05, 0.1) is 4.92 Å². The van der Waals surface area contributed by atoms with E-state index in [1.807, 2.05) is 0 Å². The van der Waals surface area contributed by atoms with E-state index in [0.29, 0.717) is 24.1 Å². The third kappa shape index (κ3) is 3.07. The van der Waals surface area contributed by atoms with Gasteiger partial charge in [0, 0.05) is 25.2 Å². The van der Waals surface area contributed by atoms with Crippen molar-refractivity contribution in [3.63, 3.8) is 0 Å². The van der Waals surface area contributed by atoms with Gasteiger partial charge in [-0.3, -0.25) is 10.1 Å². The first kappa shape index (κ1) is 15.9. The minimum Gasteiger partial charge on any atom is -0.327 e. The molecule has 0 aromatic heterocycles. The first-order chi connectivity index (χ1) is 9.73. The van der Waals surface area contributed by atoms with Crippen LogP contribution in [0.2, 0.25) is 0 Å². The highest BCUT2D eigenvalue weighted by molar-refractivity contribution is 7.89. The molecule has 7 nitrogen and oxygen atoms in total. The number of sulfonamides is 1. The lowest BCUT2D eigenvalue weighted by Crippen LogP contribution is -2.45. The quantitative estimate of drug-likeness (QED) is 0.669. The molecular formula is C13H19N3O4S. The molecule has 116 valence electrons. The van der Waals surface area contributed by atoms with Crippen LogP contribution < -0.4 is 5.73 Å². The average Bonchev–Trinajstić information content (AvgIpc) is 2.41. The highest BCUT2D eigenvalue weighted by Crippen LogP contribution is 2.30. The van der Waals surface area contributed by atoms with Crippen LogP contribution in [-0.4, -0.2) is 36.8 Å². The molecule has 0 radical (unpaired) electrons. The maximum Gasteiger partial charge on any atom is 0.289 e. The van der Waals surface area contributed by atoms with Crippen LogP contribution in [0.25, 0.3) is 0 Å². The summed E-state index contributed by atoms with van der Waals surface area (Å²) in [6.07, 6.45) is 1.43. The Morgan fingerprint density at radius 3 is 2.52 bits per heavy atom. The highest BCUT2D eigenvalue weighted by Gasteiger charge is 2.34. The van der Waals surface area contributed by atoms with Gasteiger partial charge >= 0.3 is 0 Å². The van der Waals surface area contributed by atoms with Crippen molar-refractivity contribution in [2.45, 2.75) is 37.6 Å². The van der Waals surface area contributed by atoms with Gasteiger partial charge in [0.2, 0.25) is 10.0 Å². The van der Waals surface area contributed by atoms with Crippen molar-refractivity contribution in [2.24, 2.45) is 5.73 Å². The van der Waals surface area contributed by atoms with Gasteiger partial charge in [-0.1, -0.05) is 0 Å². The van der Waals surface area contributed by atoms with Gasteiger partial charge < -0.3 is 5.73 Å². The number of nitrogens with zero attached hydrogens (tertiary/aromatic N) is 2. The Morgan fingerprint density at radius 1 is 1.33 bits per heavy atom. The maximum atomic E-state index is 12.7. The lowest BCUT2D eigenvalue weighted by Gasteiger charge is -2.29. The number of benzene rings is 1. The molecule has 1 fully saturated rings. The molecule has 21 heavy (non-hydrogen) atoms. The summed E-state index contributed by atoms with van der Waals surface area (Å²) < 4.78 is 26.6. The van der Waals surface area contributed by atoms with Crippen LogP contribution in [0, 0.1) is 24.0 Å². The molecule has 0 amide bonds. The summed E-state index contributed by atoms with van der Waals surface area (Å²) in [4.78, 5) is 10.3. The Bertz CT molecular complexity index is 672. The number of rotatable bonds is 3. The molecule has 1 heterocycles. The Labute approximate surface area is 123 Å². The third-order valence-electron chi connectivity index (χ3n) is 3.81. The topological polar surface area (TPSA) is 107 Å². The van der Waals surface area contributed by atoms with Crippen LogP contribution >= 0.6 is 0 Å². The van der Waals surface area contributed by atoms with Crippen LogP contribution in [-0.2, 0) is 10.0 Å². The van der Waals surface area contributed by atoms with Crippen LogP contribution in [0.3, 0.4) is 0 Å². The predicted molar refractivity (Wildman–Crippen MR) is 78.5 cm³/mol. The molecular weight excluding hydrogens is 294 g/mol. The minimum absolute atomic E-state index is 0.201. The fraction of sp³-hybridized carbons (Fsp3) is 0.538. The molecule has 1 saturated heterocycles. The van der Waals surface area contributed by atoms with Gasteiger partial charge in [-0.15, -0.1) is 0 Å². The van der Waals surface area contributed by atoms with E-state index in [1.165, 1.54) is 16.4 Å². The van der Waals surface area contributed by atoms with Crippen LogP contribution in [0.15, 0.2) is 17.0 Å². The zero-order valence-electron chi connectivity index (χ0n) is 12.1. The molecule has 1 atom stereocenters. The van der Waals surface area contributed by atoms with Crippen LogP contribution in [0.4, 0.5) is 5.69 Å². The molecule has 0 aliphatic carbocycles. The van der Waals surface area contributed by atoms with Gasteiger partial charge in [0.15, 0.2) is 4.90 Å². The van der Waals surface area contributed by atoms with E-state index in [9.17, 15) is 18.5 Å². The summed E-state index contributed by atoms with van der Waals surface area (Å²) in [6, 6.07) is 2.47. The number of piperidine rings is 1. The molecule has 1 aromatic carbocycles. The molecule has 1 aliphatic heterocycles. The van der Waals surface area contributed by atoms with Crippen molar-refractivity contribution in [1.82, 2.24) is 4.31 Å². The summed E-state index contributed by atoms with van der Waals surface area (Å²) in [5.74, 6) is 0. The van der Waals surface area contributed by atoms with Crippen molar-refractivity contribution < 1.29 is 13.3 Å². The molecule has 8 heteroatoms. The van der Waals surface area contributed by atoms with Gasteiger partial charge in [0.25, 0.3) is 5.69 Å². The molecule has 0 unspecified atom stereocenters. The zero-order chi connectivity index (χ0) is 15.8. The Hall–Kier alpha value is -1.51. The van der Waals surface area contributed by atoms with Crippen molar-refractivity contribution in [3.8, 4) is 0 Å². The number of nitro benzene ring substituents is 1. The van der Waals surface area contributed by atoms with E-state index in [-0.39, 0.29) is 23.2 Å². The molecule has 2 rings (SSSR count). The number of nitro groups is 1. The highest BCUT2D eigenvalue weighted by atomic mass is 32.2. The standard InChI is InChI=1S/C13H19N3O4S/c1-9-6-12(16(17)18)13(7-10(9)2)21(19,20)15-5-3-4-11(14)8-15/h6-7,11H,3-5,8,14H2,1-2H3/t11-/m1/s1. The second kappa shape index (κ2) is 5.70. The lowest BCUT2D eigenvalue weighted by atomic mass is 10.1. The minimum atomic E-state index is -3.90. The Kier molecular flexibility index (Phi) is 4.31. The number of nitrogens with two attached hydrogens (primary N) is 1. The third-order valence-corrected chi connectivity index (χ3v) is 5.70. The fourth-order valence-electron chi connectivity index (χ4n) is 2.46. The Morgan fingerprint density at radius 2 is 1.95 bits per heavy atom. The molecule has 0 spiro atoms. The fourth-order valence-corrected chi connectivity index (χ4v) is 4.21. The van der Waals surface area contributed by atoms with E-state index >= 15 is 0 Å². The van der Waals surface area contributed by atoms with E-state index in [4.69, 9.17) is 5.73 Å². The van der Waals surface area contributed by atoms with E-state index in [2.05, 4.69) is 0 Å². The average molecular weight is 313 g/mol. The normalized spacial score (nSPS) is 20.4. The number of aryl methyl sites for hydroxylation is 2. The molecule has 1 aromatic rings. The summed E-state index contributed by atoms with van der Waals surface area (Å²) in [5, 5.41) is 11.2. The maximum absolute atomic E-state index is 12.7.